The molecule has 1 fully saturated rings. The van der Waals surface area contributed by atoms with Crippen molar-refractivity contribution in [1.82, 2.24) is 21.2 Å². The van der Waals surface area contributed by atoms with Crippen molar-refractivity contribution in [3.8, 4) is 0 Å². The number of imide groups is 1. The summed E-state index contributed by atoms with van der Waals surface area (Å²) in [4.78, 5) is 50.7. The predicted molar refractivity (Wildman–Crippen MR) is 123 cm³/mol. The molecular formula is C24H34N4O5. The molecule has 0 bridgehead atoms. The van der Waals surface area contributed by atoms with Crippen LogP contribution in [0.2, 0.25) is 0 Å². The van der Waals surface area contributed by atoms with Gasteiger partial charge in [0.25, 0.3) is 5.91 Å². The van der Waals surface area contributed by atoms with Crippen LogP contribution in [-0.4, -0.2) is 40.0 Å². The van der Waals surface area contributed by atoms with Crippen molar-refractivity contribution in [2.24, 2.45) is 23.7 Å². The van der Waals surface area contributed by atoms with Crippen molar-refractivity contribution >= 4 is 29.8 Å². The predicted octanol–water partition coefficient (Wildman–Crippen LogP) is 2.87. The van der Waals surface area contributed by atoms with Gasteiger partial charge >= 0.3 is 6.03 Å². The number of hydrazine groups is 1. The minimum absolute atomic E-state index is 0.0452. The maximum Gasteiger partial charge on any atom is 0.344 e. The normalized spacial score (nSPS) is 18.8. The van der Waals surface area contributed by atoms with Crippen LogP contribution in [0, 0.1) is 23.7 Å². The van der Waals surface area contributed by atoms with Crippen molar-refractivity contribution in [3.63, 3.8) is 0 Å². The van der Waals surface area contributed by atoms with E-state index in [9.17, 15) is 24.4 Å². The van der Waals surface area contributed by atoms with Gasteiger partial charge in [0, 0.05) is 0 Å². The van der Waals surface area contributed by atoms with Crippen LogP contribution in [0.4, 0.5) is 4.79 Å². The minimum Gasteiger partial charge on any atom is -0.324 e. The summed E-state index contributed by atoms with van der Waals surface area (Å²) in [5, 5.41) is 12.6. The fourth-order valence-electron chi connectivity index (χ4n) is 3.83. The lowest BCUT2D eigenvalue weighted by Crippen LogP contribution is -2.51. The Kier molecular flexibility index (Phi) is 9.59. The Morgan fingerprint density at radius 3 is 2.36 bits per heavy atom. The van der Waals surface area contributed by atoms with E-state index in [1.54, 1.807) is 11.6 Å². The van der Waals surface area contributed by atoms with Gasteiger partial charge in [-0.2, -0.15) is 5.01 Å². The number of nitrogens with one attached hydrogen (secondary N) is 3. The molecule has 1 saturated heterocycles. The van der Waals surface area contributed by atoms with Crippen LogP contribution in [0.15, 0.2) is 36.4 Å². The second-order valence-corrected chi connectivity index (χ2v) is 8.83. The van der Waals surface area contributed by atoms with Gasteiger partial charge in [0.05, 0.1) is 11.8 Å². The van der Waals surface area contributed by atoms with E-state index in [0.29, 0.717) is 17.9 Å². The average molecular weight is 459 g/mol. The van der Waals surface area contributed by atoms with Crippen molar-refractivity contribution < 1.29 is 24.4 Å². The van der Waals surface area contributed by atoms with Gasteiger partial charge in [0.1, 0.15) is 6.04 Å². The lowest BCUT2D eigenvalue weighted by atomic mass is 9.82. The SMILES string of the molecule is CC[C@H](C)[C@@H]1NC(=O)N(NC(=O)[C@H](CC(C)C)[C@H](CC=Cc2ccccc2)C(=O)NO)C1=O. The molecule has 0 aliphatic carbocycles. The molecule has 9 nitrogen and oxygen atoms in total. The lowest BCUT2D eigenvalue weighted by molar-refractivity contribution is -0.144. The topological polar surface area (TPSA) is 128 Å². The van der Waals surface area contributed by atoms with E-state index in [0.717, 1.165) is 5.56 Å². The number of amides is 5. The van der Waals surface area contributed by atoms with Gasteiger partial charge in [-0.25, -0.2) is 10.3 Å². The Balaban J connectivity index is 2.22. The largest absolute Gasteiger partial charge is 0.344 e. The standard InChI is InChI=1S/C24H34N4O5/c1-5-16(4)20-23(31)28(24(32)25-20)26-21(29)19(14-15(2)3)18(22(30)27-33)13-9-12-17-10-7-6-8-11-17/h6-12,15-16,18-20,33H,5,13-14H2,1-4H3,(H,25,32)(H,26,29)(H,27,30)/t16-,18-,19+,20-/m0/s1. The highest BCUT2D eigenvalue weighted by Gasteiger charge is 2.43. The van der Waals surface area contributed by atoms with Gasteiger partial charge < -0.3 is 5.32 Å². The van der Waals surface area contributed by atoms with Gasteiger partial charge in [-0.3, -0.25) is 25.0 Å². The Morgan fingerprint density at radius 2 is 1.79 bits per heavy atom. The highest BCUT2D eigenvalue weighted by atomic mass is 16.5. The third kappa shape index (κ3) is 6.89. The number of allylic oxidation sites excluding steroid dienone is 1. The van der Waals surface area contributed by atoms with E-state index >= 15 is 0 Å². The lowest BCUT2D eigenvalue weighted by Gasteiger charge is -2.27. The van der Waals surface area contributed by atoms with Crippen molar-refractivity contribution in [1.29, 1.82) is 0 Å². The van der Waals surface area contributed by atoms with E-state index < -0.39 is 41.6 Å². The summed E-state index contributed by atoms with van der Waals surface area (Å²) in [5.74, 6) is -3.68. The minimum atomic E-state index is -0.900. The molecule has 4 N–H and O–H groups in total. The summed E-state index contributed by atoms with van der Waals surface area (Å²) >= 11 is 0. The van der Waals surface area contributed by atoms with Crippen molar-refractivity contribution in [2.75, 3.05) is 0 Å². The third-order valence-electron chi connectivity index (χ3n) is 5.90. The quantitative estimate of drug-likeness (QED) is 0.230. The van der Waals surface area contributed by atoms with Gasteiger partial charge in [0.2, 0.25) is 11.8 Å². The van der Waals surface area contributed by atoms with Crippen LogP contribution >= 0.6 is 0 Å². The molecule has 1 aliphatic rings. The molecule has 4 atom stereocenters. The molecule has 0 radical (unpaired) electrons. The van der Waals surface area contributed by atoms with E-state index in [1.165, 1.54) is 0 Å². The molecule has 0 aromatic heterocycles. The zero-order valence-electron chi connectivity index (χ0n) is 19.6. The highest BCUT2D eigenvalue weighted by molar-refractivity contribution is 6.05. The number of carbonyl (C=O) groups excluding carboxylic acids is 4. The van der Waals surface area contributed by atoms with E-state index in [-0.39, 0.29) is 18.3 Å². The molecule has 9 heteroatoms. The summed E-state index contributed by atoms with van der Waals surface area (Å²) in [7, 11) is 0. The molecule has 2 rings (SSSR count). The van der Waals surface area contributed by atoms with Crippen LogP contribution < -0.4 is 16.2 Å². The van der Waals surface area contributed by atoms with Crippen LogP contribution in [0.25, 0.3) is 6.08 Å². The zero-order chi connectivity index (χ0) is 24.5. The van der Waals surface area contributed by atoms with Crippen LogP contribution in [0.1, 0.15) is 52.5 Å². The Bertz CT molecular complexity index is 871. The van der Waals surface area contributed by atoms with Gasteiger partial charge in [-0.05, 0) is 30.2 Å². The second-order valence-electron chi connectivity index (χ2n) is 8.83. The Morgan fingerprint density at radius 1 is 1.12 bits per heavy atom. The molecule has 1 aromatic carbocycles. The highest BCUT2D eigenvalue weighted by Crippen LogP contribution is 2.26. The number of urea groups is 1. The van der Waals surface area contributed by atoms with E-state index in [4.69, 9.17) is 0 Å². The molecule has 1 aromatic rings. The molecule has 1 aliphatic heterocycles. The molecule has 0 unspecified atom stereocenters. The van der Waals surface area contributed by atoms with Gasteiger partial charge in [-0.1, -0.05) is 76.6 Å². The Hall–Kier alpha value is -3.20. The summed E-state index contributed by atoms with van der Waals surface area (Å²) < 4.78 is 0. The van der Waals surface area contributed by atoms with Crippen LogP contribution in [-0.2, 0) is 14.4 Å². The van der Waals surface area contributed by atoms with Gasteiger partial charge in [-0.15, -0.1) is 0 Å². The molecule has 0 saturated carbocycles. The van der Waals surface area contributed by atoms with E-state index in [2.05, 4.69) is 10.7 Å². The summed E-state index contributed by atoms with van der Waals surface area (Å²) in [6.07, 6.45) is 4.78. The van der Waals surface area contributed by atoms with Gasteiger partial charge in [0.15, 0.2) is 0 Å². The molecule has 180 valence electrons. The first-order chi connectivity index (χ1) is 15.7. The molecule has 5 amide bonds. The first-order valence-electron chi connectivity index (χ1n) is 11.3. The average Bonchev–Trinajstić information content (AvgIpc) is 3.08. The smallest absolute Gasteiger partial charge is 0.324 e. The second kappa shape index (κ2) is 12.2. The number of nitrogens with zero attached hydrogens (tertiary/aromatic N) is 1. The van der Waals surface area contributed by atoms with Crippen molar-refractivity contribution in [2.45, 2.75) is 53.0 Å². The maximum atomic E-state index is 13.2. The number of hydrogen-bond acceptors (Lipinski definition) is 5. The van der Waals surface area contributed by atoms with Crippen LogP contribution in [0.3, 0.4) is 0 Å². The fourth-order valence-corrected chi connectivity index (χ4v) is 3.83. The summed E-state index contributed by atoms with van der Waals surface area (Å²) in [6, 6.07) is 8.06. The van der Waals surface area contributed by atoms with Crippen molar-refractivity contribution in [3.05, 3.63) is 42.0 Å². The monoisotopic (exact) mass is 458 g/mol. The van der Waals surface area contributed by atoms with E-state index in [1.807, 2.05) is 64.1 Å². The summed E-state index contributed by atoms with van der Waals surface area (Å²) in [6.45, 7) is 7.56. The zero-order valence-corrected chi connectivity index (χ0v) is 19.6. The third-order valence-corrected chi connectivity index (χ3v) is 5.90. The number of benzene rings is 1. The maximum absolute atomic E-state index is 13.2. The molecular weight excluding hydrogens is 424 g/mol. The summed E-state index contributed by atoms with van der Waals surface area (Å²) in [5.41, 5.74) is 4.99. The first kappa shape index (κ1) is 26.1. The fraction of sp³-hybridized carbons (Fsp3) is 0.500. The number of hydrogen-bond donors (Lipinski definition) is 4. The Labute approximate surface area is 194 Å². The first-order valence-corrected chi connectivity index (χ1v) is 11.3. The molecule has 1 heterocycles. The number of rotatable bonds is 11. The van der Waals surface area contributed by atoms with Crippen LogP contribution in [0.5, 0.6) is 0 Å². The number of carbonyl (C=O) groups is 4. The molecule has 0 spiro atoms. The number of hydroxylamine groups is 1. The molecule has 33 heavy (non-hydrogen) atoms.